The lowest BCUT2D eigenvalue weighted by atomic mass is 10.0. The number of methoxy groups -OCH3 is 1. The van der Waals surface area contributed by atoms with E-state index in [1.54, 1.807) is 0 Å². The van der Waals surface area contributed by atoms with Crippen LogP contribution in [0.25, 0.3) is 0 Å². The molecule has 0 aromatic rings. The maximum Gasteiger partial charge on any atom is 0.393 e. The number of alkyl halides is 3. The fraction of sp³-hybridized carbons (Fsp3) is 0.857. The Balaban J connectivity index is 2.70. The SMILES string of the molecule is COC(=O)[C@@H]1NCC[C@@H]1C(F)(F)F. The van der Waals surface area contributed by atoms with Gasteiger partial charge in [-0.05, 0) is 13.0 Å². The topological polar surface area (TPSA) is 38.3 Å². The average molecular weight is 197 g/mol. The summed E-state index contributed by atoms with van der Waals surface area (Å²) in [5, 5.41) is 2.47. The number of esters is 1. The number of hydrogen-bond acceptors (Lipinski definition) is 3. The first-order chi connectivity index (χ1) is 5.96. The summed E-state index contributed by atoms with van der Waals surface area (Å²) in [6.07, 6.45) is -4.40. The van der Waals surface area contributed by atoms with Crippen LogP contribution in [-0.4, -0.2) is 31.8 Å². The van der Waals surface area contributed by atoms with Gasteiger partial charge in [0.1, 0.15) is 6.04 Å². The average Bonchev–Trinajstić information content (AvgIpc) is 2.49. The number of carbonyl (C=O) groups excluding carboxylic acids is 1. The molecule has 1 N–H and O–H groups in total. The first kappa shape index (κ1) is 10.3. The maximum atomic E-state index is 12.3. The highest BCUT2D eigenvalue weighted by molar-refractivity contribution is 5.76. The van der Waals surface area contributed by atoms with Gasteiger partial charge in [0.05, 0.1) is 13.0 Å². The zero-order valence-corrected chi connectivity index (χ0v) is 7.02. The Morgan fingerprint density at radius 3 is 2.62 bits per heavy atom. The summed E-state index contributed by atoms with van der Waals surface area (Å²) in [6, 6.07) is -1.23. The van der Waals surface area contributed by atoms with E-state index < -0.39 is 24.1 Å². The molecule has 1 rings (SSSR count). The van der Waals surface area contributed by atoms with Gasteiger partial charge in [-0.25, -0.2) is 0 Å². The van der Waals surface area contributed by atoms with Crippen molar-refractivity contribution in [1.82, 2.24) is 5.32 Å². The van der Waals surface area contributed by atoms with Crippen molar-refractivity contribution in [2.45, 2.75) is 18.6 Å². The fourth-order valence-electron chi connectivity index (χ4n) is 1.43. The molecule has 0 aliphatic carbocycles. The Labute approximate surface area is 73.2 Å². The molecular formula is C7H10F3NO2. The van der Waals surface area contributed by atoms with Crippen LogP contribution in [0, 0.1) is 5.92 Å². The van der Waals surface area contributed by atoms with Crippen LogP contribution in [0.4, 0.5) is 13.2 Å². The van der Waals surface area contributed by atoms with E-state index in [1.807, 2.05) is 0 Å². The van der Waals surface area contributed by atoms with E-state index in [2.05, 4.69) is 10.1 Å². The number of hydrogen-bond donors (Lipinski definition) is 1. The maximum absolute atomic E-state index is 12.3. The summed E-state index contributed by atoms with van der Waals surface area (Å²) in [5.41, 5.74) is 0. The zero-order valence-electron chi connectivity index (χ0n) is 7.02. The van der Waals surface area contributed by atoms with Crippen molar-refractivity contribution < 1.29 is 22.7 Å². The summed E-state index contributed by atoms with van der Waals surface area (Å²) in [4.78, 5) is 10.9. The number of halogens is 3. The highest BCUT2D eigenvalue weighted by Gasteiger charge is 2.50. The van der Waals surface area contributed by atoms with Crippen LogP contribution in [0.15, 0.2) is 0 Å². The molecule has 13 heavy (non-hydrogen) atoms. The molecule has 0 saturated carbocycles. The van der Waals surface area contributed by atoms with Gasteiger partial charge in [0, 0.05) is 0 Å². The molecule has 1 aliphatic heterocycles. The third-order valence-electron chi connectivity index (χ3n) is 2.10. The predicted octanol–water partition coefficient (Wildman–Crippen LogP) is 0.700. The van der Waals surface area contributed by atoms with Crippen molar-refractivity contribution in [2.75, 3.05) is 13.7 Å². The molecule has 0 spiro atoms. The standard InChI is InChI=1S/C7H10F3NO2/c1-13-6(12)5-4(2-3-11-5)7(8,9)10/h4-5,11H,2-3H2,1H3/t4-,5+/m0/s1. The Morgan fingerprint density at radius 1 is 1.54 bits per heavy atom. The molecule has 0 amide bonds. The molecule has 1 fully saturated rings. The molecule has 1 saturated heterocycles. The minimum Gasteiger partial charge on any atom is -0.468 e. The molecule has 0 radical (unpaired) electrons. The fourth-order valence-corrected chi connectivity index (χ4v) is 1.43. The summed E-state index contributed by atoms with van der Waals surface area (Å²) >= 11 is 0. The zero-order chi connectivity index (χ0) is 10.1. The summed E-state index contributed by atoms with van der Waals surface area (Å²) in [5.74, 6) is -2.46. The van der Waals surface area contributed by atoms with Crippen molar-refractivity contribution in [3.05, 3.63) is 0 Å². The molecule has 0 aromatic carbocycles. The lowest BCUT2D eigenvalue weighted by Crippen LogP contribution is -2.42. The first-order valence-electron chi connectivity index (χ1n) is 3.84. The molecule has 76 valence electrons. The lowest BCUT2D eigenvalue weighted by molar-refractivity contribution is -0.184. The van der Waals surface area contributed by atoms with Crippen molar-refractivity contribution in [3.63, 3.8) is 0 Å². The third kappa shape index (κ3) is 2.12. The second-order valence-electron chi connectivity index (χ2n) is 2.89. The number of ether oxygens (including phenoxy) is 1. The molecule has 0 unspecified atom stereocenters. The third-order valence-corrected chi connectivity index (χ3v) is 2.10. The van der Waals surface area contributed by atoms with Gasteiger partial charge in [-0.15, -0.1) is 0 Å². The van der Waals surface area contributed by atoms with Crippen molar-refractivity contribution >= 4 is 5.97 Å². The van der Waals surface area contributed by atoms with Crippen LogP contribution in [-0.2, 0) is 9.53 Å². The highest BCUT2D eigenvalue weighted by atomic mass is 19.4. The Hall–Kier alpha value is -0.780. The van der Waals surface area contributed by atoms with Gasteiger partial charge < -0.3 is 10.1 Å². The van der Waals surface area contributed by atoms with Gasteiger partial charge in [0.2, 0.25) is 0 Å². The smallest absolute Gasteiger partial charge is 0.393 e. The lowest BCUT2D eigenvalue weighted by Gasteiger charge is -2.19. The quantitative estimate of drug-likeness (QED) is 0.629. The predicted molar refractivity (Wildman–Crippen MR) is 38.0 cm³/mol. The van der Waals surface area contributed by atoms with Crippen LogP contribution in [0.5, 0.6) is 0 Å². The number of carbonyl (C=O) groups is 1. The molecule has 2 atom stereocenters. The molecule has 0 bridgehead atoms. The summed E-state index contributed by atoms with van der Waals surface area (Å²) < 4.78 is 41.0. The number of rotatable bonds is 1. The Bertz CT molecular complexity index is 204. The second-order valence-corrected chi connectivity index (χ2v) is 2.89. The minimum absolute atomic E-state index is 0.0662. The van der Waals surface area contributed by atoms with E-state index in [4.69, 9.17) is 0 Å². The molecular weight excluding hydrogens is 187 g/mol. The van der Waals surface area contributed by atoms with E-state index >= 15 is 0 Å². The van der Waals surface area contributed by atoms with Gasteiger partial charge in [0.15, 0.2) is 0 Å². The highest BCUT2D eigenvalue weighted by Crippen LogP contribution is 2.34. The van der Waals surface area contributed by atoms with Crippen molar-refractivity contribution in [1.29, 1.82) is 0 Å². The van der Waals surface area contributed by atoms with Crippen LogP contribution in [0.3, 0.4) is 0 Å². The normalized spacial score (nSPS) is 28.9. The van der Waals surface area contributed by atoms with Crippen LogP contribution in [0.1, 0.15) is 6.42 Å². The summed E-state index contributed by atoms with van der Waals surface area (Å²) in [7, 11) is 1.08. The monoisotopic (exact) mass is 197 g/mol. The Morgan fingerprint density at radius 2 is 2.15 bits per heavy atom. The molecule has 3 nitrogen and oxygen atoms in total. The van der Waals surface area contributed by atoms with E-state index in [0.717, 1.165) is 7.11 Å². The summed E-state index contributed by atoms with van der Waals surface area (Å²) in [6.45, 7) is 0.198. The number of nitrogens with one attached hydrogen (secondary N) is 1. The van der Waals surface area contributed by atoms with Gasteiger partial charge in [-0.3, -0.25) is 4.79 Å². The van der Waals surface area contributed by atoms with Gasteiger partial charge in [0.25, 0.3) is 0 Å². The van der Waals surface area contributed by atoms with Crippen LogP contribution < -0.4 is 5.32 Å². The van der Waals surface area contributed by atoms with Gasteiger partial charge in [-0.1, -0.05) is 0 Å². The second kappa shape index (κ2) is 3.53. The van der Waals surface area contributed by atoms with E-state index in [9.17, 15) is 18.0 Å². The van der Waals surface area contributed by atoms with E-state index in [-0.39, 0.29) is 13.0 Å². The van der Waals surface area contributed by atoms with E-state index in [1.165, 1.54) is 0 Å². The van der Waals surface area contributed by atoms with Gasteiger partial charge in [-0.2, -0.15) is 13.2 Å². The van der Waals surface area contributed by atoms with Crippen LogP contribution >= 0.6 is 0 Å². The minimum atomic E-state index is -4.33. The molecule has 1 aliphatic rings. The van der Waals surface area contributed by atoms with Crippen molar-refractivity contribution in [3.8, 4) is 0 Å². The first-order valence-corrected chi connectivity index (χ1v) is 3.84. The van der Waals surface area contributed by atoms with Crippen molar-refractivity contribution in [2.24, 2.45) is 5.92 Å². The molecule has 6 heteroatoms. The Kier molecular flexibility index (Phi) is 2.80. The van der Waals surface area contributed by atoms with E-state index in [0.29, 0.717) is 0 Å². The molecule has 1 heterocycles. The molecule has 0 aromatic heterocycles. The largest absolute Gasteiger partial charge is 0.468 e. The van der Waals surface area contributed by atoms with Crippen LogP contribution in [0.2, 0.25) is 0 Å². The van der Waals surface area contributed by atoms with Gasteiger partial charge >= 0.3 is 12.1 Å².